The van der Waals surface area contributed by atoms with E-state index in [0.29, 0.717) is 17.7 Å². The number of halogens is 3. The van der Waals surface area contributed by atoms with Gasteiger partial charge in [-0.3, -0.25) is 4.79 Å². The van der Waals surface area contributed by atoms with Crippen molar-refractivity contribution in [1.29, 1.82) is 0 Å². The molecule has 0 bridgehead atoms. The van der Waals surface area contributed by atoms with E-state index in [2.05, 4.69) is 5.16 Å². The van der Waals surface area contributed by atoms with Crippen LogP contribution < -0.4 is 5.73 Å². The molecule has 0 aromatic carbocycles. The van der Waals surface area contributed by atoms with Crippen LogP contribution in [0.25, 0.3) is 0 Å². The van der Waals surface area contributed by atoms with Gasteiger partial charge in [0.25, 0.3) is 0 Å². The third kappa shape index (κ3) is 6.30. The highest BCUT2D eigenvalue weighted by Crippen LogP contribution is 2.19. The number of amides is 1. The Morgan fingerprint density at radius 2 is 1.95 bits per heavy atom. The summed E-state index contributed by atoms with van der Waals surface area (Å²) in [6, 6.07) is 0. The average Bonchev–Trinajstić information content (AvgIpc) is 2.32. The molecule has 0 aromatic rings. The van der Waals surface area contributed by atoms with Crippen molar-refractivity contribution in [2.45, 2.75) is 39.3 Å². The van der Waals surface area contributed by atoms with E-state index in [1.807, 2.05) is 0 Å². The van der Waals surface area contributed by atoms with Crippen LogP contribution in [0.2, 0.25) is 0 Å². The van der Waals surface area contributed by atoms with E-state index in [4.69, 9.17) is 10.9 Å². The van der Waals surface area contributed by atoms with E-state index >= 15 is 0 Å². The van der Waals surface area contributed by atoms with Crippen LogP contribution in [0.15, 0.2) is 5.16 Å². The molecular formula is C11H20F3N3O2. The van der Waals surface area contributed by atoms with Gasteiger partial charge >= 0.3 is 6.18 Å². The number of alkyl halides is 3. The fraction of sp³-hybridized carbons (Fsp3) is 0.818. The van der Waals surface area contributed by atoms with Crippen LogP contribution >= 0.6 is 0 Å². The van der Waals surface area contributed by atoms with E-state index in [9.17, 15) is 18.0 Å². The van der Waals surface area contributed by atoms with E-state index in [1.165, 1.54) is 0 Å². The third-order valence-electron chi connectivity index (χ3n) is 2.52. The van der Waals surface area contributed by atoms with Gasteiger partial charge in [0.1, 0.15) is 6.54 Å². The van der Waals surface area contributed by atoms with Gasteiger partial charge in [0.05, 0.1) is 5.92 Å². The predicted molar refractivity (Wildman–Crippen MR) is 64.7 cm³/mol. The molecule has 0 fully saturated rings. The molecule has 112 valence electrons. The summed E-state index contributed by atoms with van der Waals surface area (Å²) in [5, 5.41) is 11.3. The van der Waals surface area contributed by atoms with Gasteiger partial charge < -0.3 is 15.8 Å². The maximum Gasteiger partial charge on any atom is 0.406 e. The van der Waals surface area contributed by atoms with E-state index in [1.54, 1.807) is 13.8 Å². The van der Waals surface area contributed by atoms with Crippen molar-refractivity contribution < 1.29 is 23.2 Å². The molecule has 0 aromatic heterocycles. The molecule has 1 unspecified atom stereocenters. The number of nitrogens with zero attached hydrogens (tertiary/aromatic N) is 2. The Labute approximate surface area is 110 Å². The first-order chi connectivity index (χ1) is 8.76. The molecule has 3 N–H and O–H groups in total. The second-order valence-electron chi connectivity index (χ2n) is 4.24. The zero-order valence-corrected chi connectivity index (χ0v) is 11.1. The number of carbonyl (C=O) groups excluding carboxylic acids is 1. The molecule has 0 spiro atoms. The molecule has 8 heteroatoms. The molecule has 0 aliphatic carbocycles. The molecule has 0 radical (unpaired) electrons. The van der Waals surface area contributed by atoms with Crippen molar-refractivity contribution in [1.82, 2.24) is 4.90 Å². The molecule has 0 saturated carbocycles. The van der Waals surface area contributed by atoms with Crippen molar-refractivity contribution in [3.8, 4) is 0 Å². The fourth-order valence-electron chi connectivity index (χ4n) is 1.73. The van der Waals surface area contributed by atoms with Crippen molar-refractivity contribution in [2.24, 2.45) is 16.8 Å². The summed E-state index contributed by atoms with van der Waals surface area (Å²) in [7, 11) is 0. The van der Waals surface area contributed by atoms with Crippen molar-refractivity contribution >= 4 is 11.7 Å². The highest BCUT2D eigenvalue weighted by Gasteiger charge is 2.35. The van der Waals surface area contributed by atoms with Gasteiger partial charge in [-0.2, -0.15) is 13.2 Å². The first kappa shape index (κ1) is 17.5. The van der Waals surface area contributed by atoms with E-state index < -0.39 is 24.5 Å². The average molecular weight is 283 g/mol. The number of oxime groups is 1. The lowest BCUT2D eigenvalue weighted by Crippen LogP contribution is -2.46. The monoisotopic (exact) mass is 283 g/mol. The quantitative estimate of drug-likeness (QED) is 0.324. The Bertz CT molecular complexity index is 319. The Morgan fingerprint density at radius 3 is 2.32 bits per heavy atom. The van der Waals surface area contributed by atoms with Gasteiger partial charge in [-0.15, -0.1) is 0 Å². The van der Waals surface area contributed by atoms with Gasteiger partial charge in [0.2, 0.25) is 5.91 Å². The zero-order chi connectivity index (χ0) is 15.1. The van der Waals surface area contributed by atoms with Crippen LogP contribution in [-0.2, 0) is 4.79 Å². The molecule has 0 rings (SSSR count). The Morgan fingerprint density at radius 1 is 1.37 bits per heavy atom. The lowest BCUT2D eigenvalue weighted by atomic mass is 10.0. The van der Waals surface area contributed by atoms with Crippen LogP contribution in [0, 0.1) is 5.92 Å². The number of hydrogen-bond acceptors (Lipinski definition) is 3. The largest absolute Gasteiger partial charge is 0.409 e. The SMILES string of the molecule is CCCC(C(=O)N(CCC)CC(F)(F)F)C(N)=NO. The number of nitrogens with two attached hydrogens (primary N) is 1. The third-order valence-corrected chi connectivity index (χ3v) is 2.52. The van der Waals surface area contributed by atoms with Gasteiger partial charge in [0.15, 0.2) is 5.84 Å². The van der Waals surface area contributed by atoms with E-state index in [0.717, 1.165) is 0 Å². The number of hydrogen-bond donors (Lipinski definition) is 2. The molecule has 0 aliphatic heterocycles. The molecule has 19 heavy (non-hydrogen) atoms. The molecule has 0 aliphatic rings. The van der Waals surface area contributed by atoms with Gasteiger partial charge in [-0.1, -0.05) is 25.4 Å². The molecule has 0 heterocycles. The van der Waals surface area contributed by atoms with Crippen LogP contribution in [0.1, 0.15) is 33.1 Å². The zero-order valence-electron chi connectivity index (χ0n) is 11.1. The van der Waals surface area contributed by atoms with Crippen molar-refractivity contribution in [3.05, 3.63) is 0 Å². The first-order valence-electron chi connectivity index (χ1n) is 6.09. The normalized spacial score (nSPS) is 14.3. The smallest absolute Gasteiger partial charge is 0.406 e. The lowest BCUT2D eigenvalue weighted by Gasteiger charge is -2.27. The molecule has 0 saturated heterocycles. The maximum absolute atomic E-state index is 12.4. The number of amidine groups is 1. The molecular weight excluding hydrogens is 263 g/mol. The highest BCUT2D eigenvalue weighted by atomic mass is 19.4. The second-order valence-corrected chi connectivity index (χ2v) is 4.24. The minimum atomic E-state index is -4.47. The Balaban J connectivity index is 5.02. The lowest BCUT2D eigenvalue weighted by molar-refractivity contribution is -0.162. The predicted octanol–water partition coefficient (Wildman–Crippen LogP) is 1.95. The minimum Gasteiger partial charge on any atom is -0.409 e. The summed E-state index contributed by atoms with van der Waals surface area (Å²) < 4.78 is 37.3. The number of rotatable bonds is 7. The van der Waals surface area contributed by atoms with Gasteiger partial charge in [-0.05, 0) is 12.8 Å². The summed E-state index contributed by atoms with van der Waals surface area (Å²) >= 11 is 0. The fourth-order valence-corrected chi connectivity index (χ4v) is 1.73. The summed E-state index contributed by atoms with van der Waals surface area (Å²) in [6.07, 6.45) is -3.28. The Kier molecular flexibility index (Phi) is 7.25. The molecule has 1 atom stereocenters. The van der Waals surface area contributed by atoms with Gasteiger partial charge in [0, 0.05) is 6.54 Å². The minimum absolute atomic E-state index is 0.0166. The molecule has 1 amide bonds. The van der Waals surface area contributed by atoms with Gasteiger partial charge in [-0.25, -0.2) is 0 Å². The maximum atomic E-state index is 12.4. The summed E-state index contributed by atoms with van der Waals surface area (Å²) in [5.74, 6) is -2.12. The van der Waals surface area contributed by atoms with E-state index in [-0.39, 0.29) is 18.8 Å². The first-order valence-corrected chi connectivity index (χ1v) is 6.09. The van der Waals surface area contributed by atoms with Crippen LogP contribution in [0.4, 0.5) is 13.2 Å². The highest BCUT2D eigenvalue weighted by molar-refractivity contribution is 6.02. The van der Waals surface area contributed by atoms with Crippen LogP contribution in [0.3, 0.4) is 0 Å². The van der Waals surface area contributed by atoms with Crippen LogP contribution in [0.5, 0.6) is 0 Å². The Hall–Kier alpha value is -1.47. The van der Waals surface area contributed by atoms with Crippen LogP contribution in [-0.4, -0.2) is 41.1 Å². The summed E-state index contributed by atoms with van der Waals surface area (Å²) in [5.41, 5.74) is 5.37. The summed E-state index contributed by atoms with van der Waals surface area (Å²) in [6.45, 7) is 2.10. The topological polar surface area (TPSA) is 78.9 Å². The second kappa shape index (κ2) is 7.85. The van der Waals surface area contributed by atoms with Crippen molar-refractivity contribution in [3.63, 3.8) is 0 Å². The standard InChI is InChI=1S/C11H20F3N3O2/c1-3-5-8(9(15)16-19)10(18)17(6-4-2)7-11(12,13)14/h8,19H,3-7H2,1-2H3,(H2,15,16). The number of carbonyl (C=O) groups is 1. The van der Waals surface area contributed by atoms with Crippen molar-refractivity contribution in [2.75, 3.05) is 13.1 Å². The summed E-state index contributed by atoms with van der Waals surface area (Å²) in [4.78, 5) is 12.8. The molecule has 5 nitrogen and oxygen atoms in total.